The van der Waals surface area contributed by atoms with Crippen LogP contribution in [0.15, 0.2) is 0 Å². The molecule has 1 N–H and O–H groups in total. The second-order valence-corrected chi connectivity index (χ2v) is 8.74. The molecule has 0 bridgehead atoms. The van der Waals surface area contributed by atoms with Crippen LogP contribution >= 0.6 is 0 Å². The van der Waals surface area contributed by atoms with Gasteiger partial charge in [-0.05, 0) is 37.5 Å². The van der Waals surface area contributed by atoms with Crippen LogP contribution in [0.1, 0.15) is 39.5 Å². The highest BCUT2D eigenvalue weighted by molar-refractivity contribution is 7.91. The summed E-state index contributed by atoms with van der Waals surface area (Å²) in [6, 6.07) is -0.100. The Morgan fingerprint density at radius 2 is 1.85 bits per heavy atom. The van der Waals surface area contributed by atoms with Crippen LogP contribution in [-0.4, -0.2) is 44.6 Å². The quantitative estimate of drug-likeness (QED) is 0.788. The highest BCUT2D eigenvalue weighted by Crippen LogP contribution is 2.30. The van der Waals surface area contributed by atoms with Gasteiger partial charge in [0.05, 0.1) is 18.1 Å². The second kappa shape index (κ2) is 6.43. The fourth-order valence-corrected chi connectivity index (χ4v) is 5.09. The first kappa shape index (κ1) is 15.8. The van der Waals surface area contributed by atoms with Crippen molar-refractivity contribution in [1.82, 2.24) is 5.32 Å². The van der Waals surface area contributed by atoms with Crippen LogP contribution in [0.4, 0.5) is 0 Å². The monoisotopic (exact) mass is 303 g/mol. The normalized spacial score (nSPS) is 36.7. The summed E-state index contributed by atoms with van der Waals surface area (Å²) < 4.78 is 28.1. The maximum absolute atomic E-state index is 11.8. The van der Waals surface area contributed by atoms with Gasteiger partial charge in [-0.15, -0.1) is 0 Å². The molecule has 5 nitrogen and oxygen atoms in total. The lowest BCUT2D eigenvalue weighted by molar-refractivity contribution is -0.151. The van der Waals surface area contributed by atoms with Gasteiger partial charge < -0.3 is 10.1 Å². The molecule has 0 spiro atoms. The van der Waals surface area contributed by atoms with Crippen molar-refractivity contribution >= 4 is 15.8 Å². The lowest BCUT2D eigenvalue weighted by atomic mass is 9.82. The number of nitrogens with one attached hydrogen (secondary N) is 1. The fourth-order valence-electron chi connectivity index (χ4n) is 3.38. The van der Waals surface area contributed by atoms with E-state index in [0.717, 1.165) is 12.8 Å². The Balaban J connectivity index is 1.70. The van der Waals surface area contributed by atoms with Gasteiger partial charge in [0.25, 0.3) is 0 Å². The Hall–Kier alpha value is -0.620. The molecule has 2 aliphatic rings. The molecule has 116 valence electrons. The Bertz CT molecular complexity index is 438. The summed E-state index contributed by atoms with van der Waals surface area (Å²) in [5.41, 5.74) is 0. The van der Waals surface area contributed by atoms with E-state index in [1.165, 1.54) is 6.42 Å². The highest BCUT2D eigenvalue weighted by atomic mass is 32.2. The van der Waals surface area contributed by atoms with Crippen LogP contribution in [-0.2, 0) is 19.4 Å². The van der Waals surface area contributed by atoms with Crippen molar-refractivity contribution in [3.05, 3.63) is 0 Å². The number of carbonyl (C=O) groups excluding carboxylic acids is 1. The van der Waals surface area contributed by atoms with Crippen molar-refractivity contribution in [3.8, 4) is 0 Å². The smallest absolute Gasteiger partial charge is 0.320 e. The van der Waals surface area contributed by atoms with E-state index in [4.69, 9.17) is 4.74 Å². The molecule has 6 heteroatoms. The van der Waals surface area contributed by atoms with E-state index in [1.807, 2.05) is 0 Å². The first-order valence-electron chi connectivity index (χ1n) is 7.47. The average molecular weight is 303 g/mol. The van der Waals surface area contributed by atoms with Gasteiger partial charge in [0.1, 0.15) is 6.10 Å². The molecule has 0 aromatic carbocycles. The van der Waals surface area contributed by atoms with Crippen molar-refractivity contribution in [2.75, 3.05) is 18.1 Å². The summed E-state index contributed by atoms with van der Waals surface area (Å²) in [6.45, 7) is 4.50. The van der Waals surface area contributed by atoms with Crippen LogP contribution in [0.5, 0.6) is 0 Å². The molecular formula is C14H25NO4S. The molecule has 1 aliphatic heterocycles. The minimum Gasteiger partial charge on any atom is -0.461 e. The molecule has 1 heterocycles. The highest BCUT2D eigenvalue weighted by Gasteiger charge is 2.29. The topological polar surface area (TPSA) is 72.5 Å². The standard InChI is InChI=1S/C14H25NO4S/c1-10-5-11(2)7-13(6-10)19-14(16)8-15-12-3-4-20(17,18)9-12/h10-13,15H,3-9H2,1-2H3. The fraction of sp³-hybridized carbons (Fsp3) is 0.929. The molecule has 3 unspecified atom stereocenters. The average Bonchev–Trinajstić information content (AvgIpc) is 2.65. The molecule has 1 aliphatic carbocycles. The summed E-state index contributed by atoms with van der Waals surface area (Å²) in [6.07, 6.45) is 3.69. The van der Waals surface area contributed by atoms with E-state index in [1.54, 1.807) is 0 Å². The number of hydrogen-bond donors (Lipinski definition) is 1. The van der Waals surface area contributed by atoms with Crippen LogP contribution < -0.4 is 5.32 Å². The van der Waals surface area contributed by atoms with Gasteiger partial charge in [0.15, 0.2) is 9.84 Å². The number of carbonyl (C=O) groups is 1. The minimum atomic E-state index is -2.90. The van der Waals surface area contributed by atoms with E-state index in [0.29, 0.717) is 18.3 Å². The van der Waals surface area contributed by atoms with Gasteiger partial charge in [-0.25, -0.2) is 8.42 Å². The third-order valence-electron chi connectivity index (χ3n) is 4.20. The second-order valence-electron chi connectivity index (χ2n) is 6.51. The predicted octanol–water partition coefficient (Wildman–Crippen LogP) is 1.13. The SMILES string of the molecule is CC1CC(C)CC(OC(=O)CNC2CCS(=O)(=O)C2)C1. The molecule has 0 aromatic rings. The lowest BCUT2D eigenvalue weighted by Gasteiger charge is -2.31. The van der Waals surface area contributed by atoms with Crippen LogP contribution in [0.25, 0.3) is 0 Å². The van der Waals surface area contributed by atoms with Gasteiger partial charge in [-0.1, -0.05) is 13.8 Å². The van der Waals surface area contributed by atoms with E-state index < -0.39 is 9.84 Å². The number of esters is 1. The summed E-state index contributed by atoms with van der Waals surface area (Å²) in [5, 5.41) is 3.00. The van der Waals surface area contributed by atoms with Crippen LogP contribution in [0, 0.1) is 11.8 Å². The zero-order chi connectivity index (χ0) is 14.8. The molecule has 3 atom stereocenters. The van der Waals surface area contributed by atoms with Gasteiger partial charge in [-0.3, -0.25) is 4.79 Å². The third-order valence-corrected chi connectivity index (χ3v) is 5.97. The van der Waals surface area contributed by atoms with Gasteiger partial charge >= 0.3 is 5.97 Å². The molecule has 2 fully saturated rings. The van der Waals surface area contributed by atoms with Crippen molar-refractivity contribution in [2.45, 2.75) is 51.7 Å². The zero-order valence-electron chi connectivity index (χ0n) is 12.3. The molecule has 20 heavy (non-hydrogen) atoms. The van der Waals surface area contributed by atoms with Crippen molar-refractivity contribution < 1.29 is 17.9 Å². The van der Waals surface area contributed by atoms with Crippen LogP contribution in [0.2, 0.25) is 0 Å². The summed E-state index contributed by atoms with van der Waals surface area (Å²) in [7, 11) is -2.90. The Labute approximate surface area is 121 Å². The van der Waals surface area contributed by atoms with Gasteiger partial charge in [0, 0.05) is 6.04 Å². The first-order valence-corrected chi connectivity index (χ1v) is 9.29. The van der Waals surface area contributed by atoms with Crippen molar-refractivity contribution in [1.29, 1.82) is 0 Å². The summed E-state index contributed by atoms with van der Waals surface area (Å²) >= 11 is 0. The lowest BCUT2D eigenvalue weighted by Crippen LogP contribution is -2.37. The largest absolute Gasteiger partial charge is 0.461 e. The predicted molar refractivity (Wildman–Crippen MR) is 77.1 cm³/mol. The molecule has 0 radical (unpaired) electrons. The van der Waals surface area contributed by atoms with E-state index in [9.17, 15) is 13.2 Å². The van der Waals surface area contributed by atoms with Crippen molar-refractivity contribution in [3.63, 3.8) is 0 Å². The number of sulfone groups is 1. The molecule has 1 saturated carbocycles. The maximum Gasteiger partial charge on any atom is 0.320 e. The summed E-state index contributed by atoms with van der Waals surface area (Å²) in [4.78, 5) is 11.8. The molecule has 1 saturated heterocycles. The Morgan fingerprint density at radius 3 is 2.40 bits per heavy atom. The third kappa shape index (κ3) is 4.74. The first-order chi connectivity index (χ1) is 9.34. The molecule has 0 amide bonds. The Kier molecular flexibility index (Phi) is 5.07. The van der Waals surface area contributed by atoms with E-state index in [-0.39, 0.29) is 36.2 Å². The van der Waals surface area contributed by atoms with Crippen molar-refractivity contribution in [2.24, 2.45) is 11.8 Å². The van der Waals surface area contributed by atoms with Gasteiger partial charge in [-0.2, -0.15) is 0 Å². The van der Waals surface area contributed by atoms with E-state index in [2.05, 4.69) is 19.2 Å². The summed E-state index contributed by atoms with van der Waals surface area (Å²) in [5.74, 6) is 1.30. The molecule has 0 aromatic heterocycles. The number of rotatable bonds is 4. The molecular weight excluding hydrogens is 278 g/mol. The number of ether oxygens (including phenoxy) is 1. The van der Waals surface area contributed by atoms with Gasteiger partial charge in [0.2, 0.25) is 0 Å². The van der Waals surface area contributed by atoms with Crippen LogP contribution in [0.3, 0.4) is 0 Å². The maximum atomic E-state index is 11.8. The number of hydrogen-bond acceptors (Lipinski definition) is 5. The Morgan fingerprint density at radius 1 is 1.20 bits per heavy atom. The van der Waals surface area contributed by atoms with E-state index >= 15 is 0 Å². The zero-order valence-corrected chi connectivity index (χ0v) is 13.1. The molecule has 2 rings (SSSR count). The minimum absolute atomic E-state index is 0.0235.